The molecule has 0 saturated heterocycles. The van der Waals surface area contributed by atoms with Gasteiger partial charge in [-0.3, -0.25) is 14.4 Å². The van der Waals surface area contributed by atoms with Gasteiger partial charge in [-0.1, -0.05) is 62.3 Å². The molecule has 0 atom stereocenters. The number of nitrogens with one attached hydrogen (secondary N) is 3. The second-order valence-electron chi connectivity index (χ2n) is 14.2. The third kappa shape index (κ3) is 7.97. The predicted octanol–water partition coefficient (Wildman–Crippen LogP) is 6.46. The standard InChI is InChI=1S/C31H45N3O5/c1-28(2,3)17-13-19(23(35)22(16-17)33-27(39)30(7,8)9)25(37)32-21-15-18(29(4,5)6)14-20(24(21)36)26(38)34-31(10,11)12/h13-16,35-36H,1-12H3,(H,32,37)(H,33,39)(H,34,38). The summed E-state index contributed by atoms with van der Waals surface area (Å²) >= 11 is 0. The van der Waals surface area contributed by atoms with Gasteiger partial charge in [0.15, 0.2) is 11.5 Å². The Morgan fingerprint density at radius 3 is 1.33 bits per heavy atom. The van der Waals surface area contributed by atoms with Crippen molar-refractivity contribution < 1.29 is 24.6 Å². The van der Waals surface area contributed by atoms with E-state index in [2.05, 4.69) is 16.0 Å². The van der Waals surface area contributed by atoms with E-state index in [9.17, 15) is 24.6 Å². The Morgan fingerprint density at radius 2 is 0.974 bits per heavy atom. The van der Waals surface area contributed by atoms with Crippen LogP contribution in [-0.2, 0) is 15.6 Å². The molecule has 0 aliphatic carbocycles. The maximum Gasteiger partial charge on any atom is 0.259 e. The van der Waals surface area contributed by atoms with Gasteiger partial charge in [0.25, 0.3) is 11.8 Å². The van der Waals surface area contributed by atoms with E-state index >= 15 is 0 Å². The maximum atomic E-state index is 13.6. The fourth-order valence-corrected chi connectivity index (χ4v) is 3.58. The van der Waals surface area contributed by atoms with Gasteiger partial charge < -0.3 is 26.2 Å². The second kappa shape index (κ2) is 10.5. The zero-order valence-corrected chi connectivity index (χ0v) is 25.4. The van der Waals surface area contributed by atoms with Crippen LogP contribution in [0.3, 0.4) is 0 Å². The molecule has 0 aliphatic heterocycles. The first-order valence-electron chi connectivity index (χ1n) is 13.1. The number of anilines is 2. The van der Waals surface area contributed by atoms with Crippen molar-refractivity contribution in [3.8, 4) is 11.5 Å². The van der Waals surface area contributed by atoms with Crippen molar-refractivity contribution in [1.29, 1.82) is 0 Å². The molecule has 5 N–H and O–H groups in total. The number of carbonyl (C=O) groups excluding carboxylic acids is 3. The molecule has 2 aromatic rings. The minimum Gasteiger partial charge on any atom is -0.505 e. The first kappa shape index (κ1) is 31.7. The number of hydrogen-bond acceptors (Lipinski definition) is 5. The van der Waals surface area contributed by atoms with Crippen molar-refractivity contribution in [2.75, 3.05) is 10.6 Å². The van der Waals surface area contributed by atoms with Crippen LogP contribution in [0.1, 0.15) is 115 Å². The smallest absolute Gasteiger partial charge is 0.259 e. The van der Waals surface area contributed by atoms with Gasteiger partial charge in [-0.15, -0.1) is 0 Å². The van der Waals surface area contributed by atoms with Crippen molar-refractivity contribution in [2.45, 2.75) is 99.5 Å². The third-order valence-corrected chi connectivity index (χ3v) is 6.11. The summed E-state index contributed by atoms with van der Waals surface area (Å²) in [4.78, 5) is 39.3. The molecule has 3 amide bonds. The number of aromatic hydroxyl groups is 2. The average molecular weight is 540 g/mol. The molecule has 0 aromatic heterocycles. The maximum absolute atomic E-state index is 13.6. The van der Waals surface area contributed by atoms with E-state index in [1.165, 1.54) is 0 Å². The van der Waals surface area contributed by atoms with Crippen molar-refractivity contribution in [3.63, 3.8) is 0 Å². The quantitative estimate of drug-likeness (QED) is 0.285. The van der Waals surface area contributed by atoms with Gasteiger partial charge in [0.2, 0.25) is 5.91 Å². The molecule has 0 radical (unpaired) electrons. The van der Waals surface area contributed by atoms with Crippen LogP contribution in [0.25, 0.3) is 0 Å². The summed E-state index contributed by atoms with van der Waals surface area (Å²) in [6.07, 6.45) is 0. The van der Waals surface area contributed by atoms with Crippen molar-refractivity contribution >= 4 is 29.1 Å². The summed E-state index contributed by atoms with van der Waals surface area (Å²) in [7, 11) is 0. The van der Waals surface area contributed by atoms with Crippen molar-refractivity contribution in [3.05, 3.63) is 46.5 Å². The summed E-state index contributed by atoms with van der Waals surface area (Å²) in [5, 5.41) is 30.4. The molecule has 0 bridgehead atoms. The van der Waals surface area contributed by atoms with Gasteiger partial charge in [0.1, 0.15) is 0 Å². The largest absolute Gasteiger partial charge is 0.505 e. The first-order valence-corrected chi connectivity index (χ1v) is 13.1. The molecule has 0 aliphatic rings. The lowest BCUT2D eigenvalue weighted by molar-refractivity contribution is -0.123. The number of phenolic OH excluding ortho intramolecular Hbond substituents is 2. The highest BCUT2D eigenvalue weighted by Crippen LogP contribution is 2.38. The molecular formula is C31H45N3O5. The molecule has 0 saturated carbocycles. The molecule has 8 nitrogen and oxygen atoms in total. The molecule has 214 valence electrons. The zero-order chi connectivity index (χ0) is 30.3. The van der Waals surface area contributed by atoms with Gasteiger partial charge in [-0.05, 0) is 67.0 Å². The Balaban J connectivity index is 2.66. The Hall–Kier alpha value is -3.55. The molecule has 8 heteroatoms. The van der Waals surface area contributed by atoms with Crippen LogP contribution in [0, 0.1) is 5.41 Å². The summed E-state index contributed by atoms with van der Waals surface area (Å²) in [6.45, 7) is 22.5. The highest BCUT2D eigenvalue weighted by Gasteiger charge is 2.29. The summed E-state index contributed by atoms with van der Waals surface area (Å²) in [5.41, 5.74) is -0.538. The molecule has 0 heterocycles. The van der Waals surface area contributed by atoms with Crippen molar-refractivity contribution in [2.24, 2.45) is 5.41 Å². The van der Waals surface area contributed by atoms with Gasteiger partial charge in [-0.2, -0.15) is 0 Å². The van der Waals surface area contributed by atoms with Gasteiger partial charge >= 0.3 is 0 Å². The number of rotatable bonds is 4. The molecule has 2 rings (SSSR count). The number of carbonyl (C=O) groups is 3. The first-order chi connectivity index (χ1) is 17.4. The number of phenols is 2. The fourth-order valence-electron chi connectivity index (χ4n) is 3.58. The van der Waals surface area contributed by atoms with Crippen LogP contribution in [0.15, 0.2) is 24.3 Å². The Morgan fingerprint density at radius 1 is 0.590 bits per heavy atom. The zero-order valence-electron chi connectivity index (χ0n) is 25.4. The predicted molar refractivity (Wildman–Crippen MR) is 157 cm³/mol. The van der Waals surface area contributed by atoms with E-state index in [0.29, 0.717) is 5.56 Å². The van der Waals surface area contributed by atoms with Crippen LogP contribution in [-0.4, -0.2) is 33.5 Å². The lowest BCUT2D eigenvalue weighted by Gasteiger charge is -2.25. The molecular weight excluding hydrogens is 494 g/mol. The van der Waals surface area contributed by atoms with Crippen LogP contribution < -0.4 is 16.0 Å². The highest BCUT2D eigenvalue weighted by atomic mass is 16.3. The van der Waals surface area contributed by atoms with Crippen LogP contribution in [0.2, 0.25) is 0 Å². The summed E-state index contributed by atoms with van der Waals surface area (Å²) in [6, 6.07) is 6.45. The topological polar surface area (TPSA) is 128 Å². The number of amides is 3. The molecule has 2 aromatic carbocycles. The van der Waals surface area contributed by atoms with Crippen LogP contribution in [0.5, 0.6) is 11.5 Å². The lowest BCUT2D eigenvalue weighted by Crippen LogP contribution is -2.40. The fraction of sp³-hybridized carbons (Fsp3) is 0.516. The van der Waals surface area contributed by atoms with E-state index in [-0.39, 0.29) is 34.2 Å². The third-order valence-electron chi connectivity index (χ3n) is 6.11. The Labute approximate surface area is 232 Å². The molecule has 0 unspecified atom stereocenters. The van der Waals surface area contributed by atoms with Gasteiger partial charge in [0, 0.05) is 11.0 Å². The normalized spacial score (nSPS) is 12.6. The van der Waals surface area contributed by atoms with E-state index in [1.807, 2.05) is 62.3 Å². The minimum absolute atomic E-state index is 0.0263. The van der Waals surface area contributed by atoms with E-state index in [4.69, 9.17) is 0 Å². The van der Waals surface area contributed by atoms with E-state index < -0.39 is 39.3 Å². The molecule has 0 spiro atoms. The molecule has 39 heavy (non-hydrogen) atoms. The van der Waals surface area contributed by atoms with Crippen LogP contribution >= 0.6 is 0 Å². The molecule has 0 fully saturated rings. The number of benzene rings is 2. The lowest BCUT2D eigenvalue weighted by atomic mass is 9.84. The number of hydrogen-bond donors (Lipinski definition) is 5. The van der Waals surface area contributed by atoms with Gasteiger partial charge in [-0.25, -0.2) is 0 Å². The van der Waals surface area contributed by atoms with E-state index in [1.54, 1.807) is 45.0 Å². The van der Waals surface area contributed by atoms with Gasteiger partial charge in [0.05, 0.1) is 22.5 Å². The Kier molecular flexibility index (Phi) is 8.56. The monoisotopic (exact) mass is 539 g/mol. The summed E-state index contributed by atoms with van der Waals surface area (Å²) in [5.74, 6) is -2.28. The van der Waals surface area contributed by atoms with Crippen molar-refractivity contribution in [1.82, 2.24) is 5.32 Å². The highest BCUT2D eigenvalue weighted by molar-refractivity contribution is 6.10. The SMILES string of the molecule is CC(C)(C)NC(=O)c1cc(C(C)(C)C)cc(NC(=O)c2cc(C(C)(C)C)cc(NC(=O)C(C)(C)C)c2O)c1O. The minimum atomic E-state index is -0.726. The Bertz CT molecular complexity index is 1280. The second-order valence-corrected chi connectivity index (χ2v) is 14.2. The average Bonchev–Trinajstić information content (AvgIpc) is 2.72. The van der Waals surface area contributed by atoms with E-state index in [0.717, 1.165) is 5.56 Å². The summed E-state index contributed by atoms with van der Waals surface area (Å²) < 4.78 is 0. The van der Waals surface area contributed by atoms with Crippen LogP contribution in [0.4, 0.5) is 11.4 Å².